The van der Waals surface area contributed by atoms with E-state index in [0.717, 1.165) is 0 Å². The molecular weight excluding hydrogens is 239 g/mol. The monoisotopic (exact) mass is 251 g/mol. The van der Waals surface area contributed by atoms with Crippen molar-refractivity contribution in [1.82, 2.24) is 0 Å². The Morgan fingerprint density at radius 2 is 1.50 bits per heavy atom. The Labute approximate surface area is 59.1 Å². The third-order valence-electron chi connectivity index (χ3n) is 0.707. The van der Waals surface area contributed by atoms with E-state index in [0.29, 0.717) is 0 Å². The molecule has 0 aliphatic heterocycles. The van der Waals surface area contributed by atoms with Gasteiger partial charge >= 0.3 is 0 Å². The maximum absolute atomic E-state index is 2.16. The molecule has 0 unspecified atom stereocenters. The molecule has 0 amide bonds. The fraction of sp³-hybridized carbons (Fsp3) is 0.800. The van der Waals surface area contributed by atoms with E-state index in [1.807, 2.05) is 0 Å². The standard InChI is InChI=1S/C5H11.Hf/c1-4-5(2)3;/h4H2,1-3H3;/q-1;. The van der Waals surface area contributed by atoms with E-state index in [1.54, 1.807) is 0 Å². The van der Waals surface area contributed by atoms with Crippen LogP contribution in [0.15, 0.2) is 0 Å². The summed E-state index contributed by atoms with van der Waals surface area (Å²) >= 11 is 0. The van der Waals surface area contributed by atoms with Gasteiger partial charge in [0.25, 0.3) is 0 Å². The molecule has 0 radical (unpaired) electrons. The molecule has 0 bridgehead atoms. The molecule has 0 N–H and O–H groups in total. The molecule has 0 nitrogen and oxygen atoms in total. The Balaban J connectivity index is 0. The summed E-state index contributed by atoms with van der Waals surface area (Å²) in [6.07, 6.45) is 1.22. The van der Waals surface area contributed by atoms with Crippen LogP contribution in [0.4, 0.5) is 0 Å². The van der Waals surface area contributed by atoms with Crippen LogP contribution in [-0.2, 0) is 25.8 Å². The smallest absolute Gasteiger partial charge is 0 e. The third kappa shape index (κ3) is 8.85. The van der Waals surface area contributed by atoms with Gasteiger partial charge in [0.15, 0.2) is 0 Å². The minimum absolute atomic E-state index is 0. The average molecular weight is 250 g/mol. The van der Waals surface area contributed by atoms with E-state index in [4.69, 9.17) is 0 Å². The topological polar surface area (TPSA) is 0 Å². The first-order valence-corrected chi connectivity index (χ1v) is 2.06. The van der Waals surface area contributed by atoms with Crippen LogP contribution in [0.5, 0.6) is 0 Å². The second-order valence-electron chi connectivity index (χ2n) is 1.56. The van der Waals surface area contributed by atoms with Crippen molar-refractivity contribution in [2.75, 3.05) is 0 Å². The Bertz CT molecular complexity index is 17.9. The van der Waals surface area contributed by atoms with Crippen LogP contribution in [0.2, 0.25) is 0 Å². The van der Waals surface area contributed by atoms with Gasteiger partial charge in [-0.15, -0.1) is 0 Å². The van der Waals surface area contributed by atoms with Gasteiger partial charge in [0.05, 0.1) is 0 Å². The summed E-state index contributed by atoms with van der Waals surface area (Å²) in [7, 11) is 0. The Kier molecular flexibility index (Phi) is 9.77. The predicted molar refractivity (Wildman–Crippen MR) is 24.9 cm³/mol. The van der Waals surface area contributed by atoms with Gasteiger partial charge in [0.2, 0.25) is 0 Å². The molecule has 1 heteroatoms. The molecule has 0 aromatic carbocycles. The Morgan fingerprint density at radius 1 is 1.33 bits per heavy atom. The van der Waals surface area contributed by atoms with Crippen LogP contribution >= 0.6 is 0 Å². The summed E-state index contributed by atoms with van der Waals surface area (Å²) in [6, 6.07) is 0. The molecule has 0 fully saturated rings. The van der Waals surface area contributed by atoms with Gasteiger partial charge in [-0.1, -0.05) is 6.92 Å². The van der Waals surface area contributed by atoms with Crippen LogP contribution in [0, 0.1) is 5.92 Å². The van der Waals surface area contributed by atoms with Crippen molar-refractivity contribution in [2.24, 2.45) is 0 Å². The zero-order valence-corrected chi connectivity index (χ0v) is 8.30. The summed E-state index contributed by atoms with van der Waals surface area (Å²) in [5, 5.41) is 0. The summed E-state index contributed by atoms with van der Waals surface area (Å²) < 4.78 is 0. The second kappa shape index (κ2) is 5.87. The van der Waals surface area contributed by atoms with Gasteiger partial charge in [-0.3, -0.25) is 0 Å². The fourth-order valence-electron chi connectivity index (χ4n) is 0. The summed E-state index contributed by atoms with van der Waals surface area (Å²) in [5.41, 5.74) is 0. The minimum atomic E-state index is 0. The van der Waals surface area contributed by atoms with Crippen molar-refractivity contribution in [3.05, 3.63) is 5.92 Å². The first-order valence-electron chi connectivity index (χ1n) is 2.06. The third-order valence-corrected chi connectivity index (χ3v) is 0.707. The van der Waals surface area contributed by atoms with Gasteiger partial charge in [-0.2, -0.15) is 20.3 Å². The maximum atomic E-state index is 2.16. The SMILES string of the molecule is CC[C-](C)C.[Hf]. The average Bonchev–Trinajstić information content (AvgIpc) is 1.38. The molecule has 0 atom stereocenters. The molecule has 0 aromatic heterocycles. The largest absolute Gasteiger partial charge is 0.320 e. The molecule has 0 rings (SSSR count). The first-order chi connectivity index (χ1) is 2.27. The van der Waals surface area contributed by atoms with Crippen molar-refractivity contribution in [3.63, 3.8) is 0 Å². The van der Waals surface area contributed by atoms with E-state index in [2.05, 4.69) is 20.8 Å². The molecule has 0 spiro atoms. The number of rotatable bonds is 1. The molecule has 6 heavy (non-hydrogen) atoms. The van der Waals surface area contributed by atoms with Crippen LogP contribution in [0.1, 0.15) is 27.2 Å². The summed E-state index contributed by atoms with van der Waals surface area (Å²) in [5.74, 6) is 1.50. The predicted octanol–water partition coefficient (Wildman–Crippen LogP) is 2.01. The molecule has 0 aromatic rings. The summed E-state index contributed by atoms with van der Waals surface area (Å²) in [4.78, 5) is 0. The van der Waals surface area contributed by atoms with Crippen LogP contribution in [0.25, 0.3) is 0 Å². The zero-order chi connectivity index (χ0) is 4.28. The number of hydrogen-bond donors (Lipinski definition) is 0. The van der Waals surface area contributed by atoms with E-state index in [-0.39, 0.29) is 25.8 Å². The van der Waals surface area contributed by atoms with Crippen molar-refractivity contribution < 1.29 is 25.8 Å². The van der Waals surface area contributed by atoms with Gasteiger partial charge in [-0.25, -0.2) is 0 Å². The minimum Gasteiger partial charge on any atom is -0.320 e. The molecular formula is C5H11Hf-. The van der Waals surface area contributed by atoms with Gasteiger partial charge < -0.3 is 5.92 Å². The van der Waals surface area contributed by atoms with E-state index in [1.165, 1.54) is 12.3 Å². The van der Waals surface area contributed by atoms with Crippen molar-refractivity contribution in [1.29, 1.82) is 0 Å². The molecule has 0 heterocycles. The van der Waals surface area contributed by atoms with Gasteiger partial charge in [0, 0.05) is 25.8 Å². The van der Waals surface area contributed by atoms with E-state index < -0.39 is 0 Å². The quantitative estimate of drug-likeness (QED) is 0.493. The Hall–Kier alpha value is 0.870. The first kappa shape index (κ1) is 9.98. The van der Waals surface area contributed by atoms with Gasteiger partial charge in [-0.05, 0) is 0 Å². The van der Waals surface area contributed by atoms with E-state index >= 15 is 0 Å². The van der Waals surface area contributed by atoms with Crippen molar-refractivity contribution >= 4 is 0 Å². The summed E-state index contributed by atoms with van der Waals surface area (Å²) in [6.45, 7) is 6.44. The van der Waals surface area contributed by atoms with Crippen LogP contribution in [0.3, 0.4) is 0 Å². The Morgan fingerprint density at radius 3 is 1.50 bits per heavy atom. The second-order valence-corrected chi connectivity index (χ2v) is 1.56. The van der Waals surface area contributed by atoms with Gasteiger partial charge in [0.1, 0.15) is 0 Å². The molecule has 0 aliphatic rings. The molecule has 36 valence electrons. The maximum Gasteiger partial charge on any atom is 0 e. The van der Waals surface area contributed by atoms with Crippen molar-refractivity contribution in [3.8, 4) is 0 Å². The van der Waals surface area contributed by atoms with Crippen molar-refractivity contribution in [2.45, 2.75) is 27.2 Å². The molecule has 0 saturated heterocycles. The molecule has 0 aliphatic carbocycles. The number of hydrogen-bond acceptors (Lipinski definition) is 0. The normalized spacial score (nSPS) is 8.00. The molecule has 0 saturated carbocycles. The van der Waals surface area contributed by atoms with Crippen LogP contribution < -0.4 is 0 Å². The van der Waals surface area contributed by atoms with Crippen LogP contribution in [-0.4, -0.2) is 0 Å². The van der Waals surface area contributed by atoms with E-state index in [9.17, 15) is 0 Å². The fourth-order valence-corrected chi connectivity index (χ4v) is 0. The zero-order valence-electron chi connectivity index (χ0n) is 4.71.